The Morgan fingerprint density at radius 2 is 0.913 bits per heavy atom. The van der Waals surface area contributed by atoms with Crippen LogP contribution in [0.4, 0.5) is 0 Å². The number of aliphatic hydroxyl groups is 5. The summed E-state index contributed by atoms with van der Waals surface area (Å²) in [6.45, 7) is 3.66. The van der Waals surface area contributed by atoms with Gasteiger partial charge in [0.15, 0.2) is 6.29 Å². The van der Waals surface area contributed by atoms with Gasteiger partial charge in [-0.15, -0.1) is 0 Å². The number of unbranched alkanes of at least 4 members (excludes halogenated alkanes) is 28. The number of hydrogen-bond donors (Lipinski definition) is 6. The smallest absolute Gasteiger partial charge is 0.220 e. The zero-order valence-corrected chi connectivity index (χ0v) is 44.3. The molecule has 1 saturated heterocycles. The van der Waals surface area contributed by atoms with Crippen LogP contribution in [0.1, 0.15) is 245 Å². The van der Waals surface area contributed by atoms with E-state index < -0.39 is 49.5 Å². The van der Waals surface area contributed by atoms with E-state index in [9.17, 15) is 30.3 Å². The highest BCUT2D eigenvalue weighted by atomic mass is 16.7. The highest BCUT2D eigenvalue weighted by Crippen LogP contribution is 2.23. The monoisotopic (exact) mass is 970 g/mol. The Morgan fingerprint density at radius 3 is 1.39 bits per heavy atom. The third kappa shape index (κ3) is 38.9. The lowest BCUT2D eigenvalue weighted by atomic mass is 9.99. The van der Waals surface area contributed by atoms with Crippen LogP contribution >= 0.6 is 0 Å². The molecule has 0 aromatic rings. The van der Waals surface area contributed by atoms with Crippen molar-refractivity contribution in [3.63, 3.8) is 0 Å². The molecule has 7 atom stereocenters. The maximum atomic E-state index is 13.1. The summed E-state index contributed by atoms with van der Waals surface area (Å²) >= 11 is 0. The van der Waals surface area contributed by atoms with Gasteiger partial charge in [-0.1, -0.05) is 241 Å². The summed E-state index contributed by atoms with van der Waals surface area (Å²) in [5.74, 6) is -0.190. The van der Waals surface area contributed by atoms with Crippen LogP contribution in [0.5, 0.6) is 0 Å². The van der Waals surface area contributed by atoms with Crippen LogP contribution in [-0.4, -0.2) is 87.5 Å². The van der Waals surface area contributed by atoms with Crippen LogP contribution in [0.25, 0.3) is 0 Å². The predicted octanol–water partition coefficient (Wildman–Crippen LogP) is 14.1. The third-order valence-electron chi connectivity index (χ3n) is 13.3. The lowest BCUT2D eigenvalue weighted by Crippen LogP contribution is -2.60. The van der Waals surface area contributed by atoms with Crippen LogP contribution in [0, 0.1) is 0 Å². The van der Waals surface area contributed by atoms with Gasteiger partial charge in [-0.05, 0) is 70.6 Å². The minimum Gasteiger partial charge on any atom is -0.394 e. The molecule has 0 aromatic carbocycles. The van der Waals surface area contributed by atoms with Crippen LogP contribution in [0.2, 0.25) is 0 Å². The molecule has 0 radical (unpaired) electrons. The first-order valence-corrected chi connectivity index (χ1v) is 28.7. The highest BCUT2D eigenvalue weighted by molar-refractivity contribution is 5.76. The zero-order chi connectivity index (χ0) is 50.1. The number of amides is 1. The Balaban J connectivity index is 2.26. The summed E-state index contributed by atoms with van der Waals surface area (Å²) < 4.78 is 11.3. The van der Waals surface area contributed by atoms with Crippen LogP contribution < -0.4 is 5.32 Å². The van der Waals surface area contributed by atoms with Gasteiger partial charge in [0.1, 0.15) is 24.4 Å². The van der Waals surface area contributed by atoms with Gasteiger partial charge >= 0.3 is 0 Å². The Kier molecular flexibility index (Phi) is 46.1. The molecular weight excluding hydrogens is 863 g/mol. The topological polar surface area (TPSA) is 149 Å². The van der Waals surface area contributed by atoms with E-state index in [4.69, 9.17) is 9.47 Å². The second-order valence-corrected chi connectivity index (χ2v) is 19.7. The van der Waals surface area contributed by atoms with Crippen molar-refractivity contribution in [1.29, 1.82) is 0 Å². The van der Waals surface area contributed by atoms with Gasteiger partial charge in [-0.3, -0.25) is 4.79 Å². The number of aliphatic hydroxyl groups excluding tert-OH is 5. The number of allylic oxidation sites excluding steroid dienone is 11. The van der Waals surface area contributed by atoms with E-state index in [1.165, 1.54) is 161 Å². The zero-order valence-electron chi connectivity index (χ0n) is 44.3. The van der Waals surface area contributed by atoms with E-state index in [1.54, 1.807) is 6.08 Å². The molecule has 0 saturated carbocycles. The average molecular weight is 971 g/mol. The minimum atomic E-state index is -1.58. The molecule has 7 unspecified atom stereocenters. The number of rotatable bonds is 48. The van der Waals surface area contributed by atoms with E-state index in [0.717, 1.165) is 64.2 Å². The summed E-state index contributed by atoms with van der Waals surface area (Å²) in [6.07, 6.45) is 61.0. The van der Waals surface area contributed by atoms with Crippen molar-refractivity contribution >= 4 is 5.91 Å². The summed E-state index contributed by atoms with van der Waals surface area (Å²) in [7, 11) is 0. The standard InChI is InChI=1S/C60H107NO8/c1-3-5-7-9-11-13-15-17-19-21-23-25-26-27-28-30-32-34-36-38-40-42-44-46-48-50-56(64)61-53(52-68-60-59(67)58(66)57(65)55(51-62)69-60)54(63)49-47-45-43-41-39-37-35-33-31-29-24-22-20-18-16-14-12-10-8-6-4-2/h5,7,11,13,17,19,23,25,39,41,47,49,53-55,57-60,62-63,65-67H,3-4,6,8-10,12,14-16,18,20-22,24,26-38,40,42-46,48,50-52H2,1-2H3,(H,61,64)/b7-5-,13-11-,19-17-,25-23-,41-39+,49-47+. The van der Waals surface area contributed by atoms with Crippen LogP contribution in [0.15, 0.2) is 72.9 Å². The molecule has 6 N–H and O–H groups in total. The molecule has 1 fully saturated rings. The molecule has 0 spiro atoms. The average Bonchev–Trinajstić information content (AvgIpc) is 3.35. The fourth-order valence-electron chi connectivity index (χ4n) is 8.75. The number of hydrogen-bond acceptors (Lipinski definition) is 8. The Labute approximate surface area is 423 Å². The van der Waals surface area contributed by atoms with Crippen molar-refractivity contribution in [1.82, 2.24) is 5.32 Å². The van der Waals surface area contributed by atoms with Gasteiger partial charge in [0.25, 0.3) is 0 Å². The first-order chi connectivity index (χ1) is 33.8. The van der Waals surface area contributed by atoms with Crippen molar-refractivity contribution in [2.45, 2.75) is 288 Å². The molecule has 1 heterocycles. The fourth-order valence-corrected chi connectivity index (χ4v) is 8.75. The van der Waals surface area contributed by atoms with E-state index in [-0.39, 0.29) is 12.5 Å². The van der Waals surface area contributed by atoms with Gasteiger partial charge in [-0.25, -0.2) is 0 Å². The Bertz CT molecular complexity index is 1310. The summed E-state index contributed by atoms with van der Waals surface area (Å²) in [6, 6.07) is -0.827. The van der Waals surface area contributed by atoms with Crippen molar-refractivity contribution in [3.8, 4) is 0 Å². The highest BCUT2D eigenvalue weighted by Gasteiger charge is 2.44. The molecule has 9 heteroatoms. The first-order valence-electron chi connectivity index (χ1n) is 28.7. The summed E-state index contributed by atoms with van der Waals surface area (Å²) in [5, 5.41) is 54.5. The molecule has 9 nitrogen and oxygen atoms in total. The van der Waals surface area contributed by atoms with Crippen molar-refractivity contribution in [3.05, 3.63) is 72.9 Å². The second-order valence-electron chi connectivity index (χ2n) is 19.7. The van der Waals surface area contributed by atoms with E-state index in [0.29, 0.717) is 6.42 Å². The molecule has 1 aliphatic heterocycles. The summed E-state index contributed by atoms with van der Waals surface area (Å²) in [4.78, 5) is 13.1. The summed E-state index contributed by atoms with van der Waals surface area (Å²) in [5.41, 5.74) is 0. The first kappa shape index (κ1) is 64.6. The van der Waals surface area contributed by atoms with Gasteiger partial charge in [0.2, 0.25) is 5.91 Å². The maximum absolute atomic E-state index is 13.1. The number of ether oxygens (including phenoxy) is 2. The van der Waals surface area contributed by atoms with Crippen molar-refractivity contribution < 1.29 is 39.8 Å². The second kappa shape index (κ2) is 49.2. The van der Waals surface area contributed by atoms with Gasteiger partial charge in [-0.2, -0.15) is 0 Å². The number of nitrogens with one attached hydrogen (secondary N) is 1. The lowest BCUT2D eigenvalue weighted by Gasteiger charge is -2.40. The number of carbonyl (C=O) groups excluding carboxylic acids is 1. The van der Waals surface area contributed by atoms with Gasteiger partial charge in [0, 0.05) is 6.42 Å². The van der Waals surface area contributed by atoms with E-state index in [2.05, 4.69) is 79.9 Å². The SMILES string of the molecule is CC/C=C\C/C=C\C/C=C\C/C=C\CCCCCCCCCCCCCCC(=O)NC(COC1OC(CO)C(O)C(O)C1O)C(O)/C=C/CC/C=C/CCCCCCCCCCCCCCCCC. The molecule has 1 rings (SSSR count). The maximum Gasteiger partial charge on any atom is 0.220 e. The molecule has 400 valence electrons. The number of carbonyl (C=O) groups is 1. The fraction of sp³-hybridized carbons (Fsp3) is 0.783. The molecule has 69 heavy (non-hydrogen) atoms. The largest absolute Gasteiger partial charge is 0.394 e. The molecule has 0 bridgehead atoms. The predicted molar refractivity (Wildman–Crippen MR) is 290 cm³/mol. The lowest BCUT2D eigenvalue weighted by molar-refractivity contribution is -0.302. The normalized spacial score (nSPS) is 20.0. The Hall–Kier alpha value is -2.37. The van der Waals surface area contributed by atoms with Gasteiger partial charge in [0.05, 0.1) is 25.4 Å². The van der Waals surface area contributed by atoms with Crippen molar-refractivity contribution in [2.75, 3.05) is 13.2 Å². The van der Waals surface area contributed by atoms with Crippen LogP contribution in [-0.2, 0) is 14.3 Å². The third-order valence-corrected chi connectivity index (χ3v) is 13.3. The molecule has 0 aliphatic carbocycles. The van der Waals surface area contributed by atoms with E-state index in [1.807, 2.05) is 6.08 Å². The van der Waals surface area contributed by atoms with Gasteiger partial charge < -0.3 is 40.3 Å². The molecule has 1 amide bonds. The molecule has 1 aliphatic rings. The van der Waals surface area contributed by atoms with Crippen LogP contribution in [0.3, 0.4) is 0 Å². The minimum absolute atomic E-state index is 0.190. The van der Waals surface area contributed by atoms with Crippen molar-refractivity contribution in [2.24, 2.45) is 0 Å². The molecular formula is C60H107NO8. The molecule has 0 aromatic heterocycles. The van der Waals surface area contributed by atoms with E-state index >= 15 is 0 Å². The Morgan fingerprint density at radius 1 is 0.507 bits per heavy atom. The quantitative estimate of drug-likeness (QED) is 0.0261.